The van der Waals surface area contributed by atoms with Gasteiger partial charge in [0, 0.05) is 36.3 Å². The summed E-state index contributed by atoms with van der Waals surface area (Å²) in [5, 5.41) is 9.50. The van der Waals surface area contributed by atoms with Crippen LogP contribution in [0.15, 0.2) is 61.2 Å². The van der Waals surface area contributed by atoms with E-state index in [-0.39, 0.29) is 5.92 Å². The molecule has 2 aromatic carbocycles. The van der Waals surface area contributed by atoms with Crippen LogP contribution in [0.4, 0.5) is 4.39 Å². The number of carbonyl (C=O) groups is 1. The van der Waals surface area contributed by atoms with Gasteiger partial charge in [0.25, 0.3) is 5.79 Å². The Labute approximate surface area is 254 Å². The van der Waals surface area contributed by atoms with E-state index in [9.17, 15) is 14.3 Å². The molecule has 43 heavy (non-hydrogen) atoms. The Bertz CT molecular complexity index is 1680. The van der Waals surface area contributed by atoms with E-state index in [2.05, 4.69) is 37.0 Å². The zero-order valence-electron chi connectivity index (χ0n) is 24.0. The molecule has 0 radical (unpaired) electrons. The van der Waals surface area contributed by atoms with Gasteiger partial charge in [-0.05, 0) is 69.1 Å². The van der Waals surface area contributed by atoms with Gasteiger partial charge in [-0.15, -0.1) is 0 Å². The molecule has 9 nitrogen and oxygen atoms in total. The number of likely N-dealkylation sites (tertiary alicyclic amines) is 1. The average Bonchev–Trinajstić information content (AvgIpc) is 3.69. The monoisotopic (exact) mass is 605 g/mol. The summed E-state index contributed by atoms with van der Waals surface area (Å²) in [6.45, 7) is 7.44. The van der Waals surface area contributed by atoms with Crippen molar-refractivity contribution >= 4 is 23.6 Å². The van der Waals surface area contributed by atoms with E-state index in [0.717, 1.165) is 61.3 Å². The number of piperidine rings is 1. The molecule has 0 saturated carbocycles. The minimum absolute atomic E-state index is 0.250. The number of para-hydroxylation sites is 1. The molecule has 4 heterocycles. The van der Waals surface area contributed by atoms with Crippen LogP contribution < -0.4 is 9.47 Å². The van der Waals surface area contributed by atoms with Crippen molar-refractivity contribution in [2.75, 3.05) is 13.1 Å². The molecule has 2 aromatic heterocycles. The van der Waals surface area contributed by atoms with Gasteiger partial charge in [-0.25, -0.2) is 19.2 Å². The Morgan fingerprint density at radius 1 is 1.19 bits per heavy atom. The van der Waals surface area contributed by atoms with E-state index < -0.39 is 17.6 Å². The zero-order chi connectivity index (χ0) is 30.1. The first-order valence-electron chi connectivity index (χ1n) is 14.4. The van der Waals surface area contributed by atoms with Crippen molar-refractivity contribution in [3.05, 3.63) is 100 Å². The van der Waals surface area contributed by atoms with E-state index in [0.29, 0.717) is 35.2 Å². The lowest BCUT2D eigenvalue weighted by Crippen LogP contribution is -2.34. The molecule has 1 saturated heterocycles. The van der Waals surface area contributed by atoms with E-state index in [1.54, 1.807) is 37.7 Å². The number of carboxylic acids is 1. The molecule has 2 aliphatic heterocycles. The molecule has 1 fully saturated rings. The van der Waals surface area contributed by atoms with Crippen LogP contribution in [-0.2, 0) is 30.2 Å². The number of carboxylic acid groups (broad SMARTS) is 1. The summed E-state index contributed by atoms with van der Waals surface area (Å²) in [6, 6.07) is 10.4. The van der Waals surface area contributed by atoms with Crippen LogP contribution in [0, 0.1) is 5.82 Å². The van der Waals surface area contributed by atoms with Crippen molar-refractivity contribution in [1.82, 2.24) is 24.0 Å². The fourth-order valence-corrected chi connectivity index (χ4v) is 6.15. The third kappa shape index (κ3) is 5.89. The summed E-state index contributed by atoms with van der Waals surface area (Å²) in [6.07, 6.45) is 9.88. The predicted octanol–water partition coefficient (Wildman–Crippen LogP) is 6.06. The smallest absolute Gasteiger partial charge is 0.328 e. The number of benzene rings is 2. The molecule has 2 aliphatic rings. The van der Waals surface area contributed by atoms with E-state index >= 15 is 0 Å². The quantitative estimate of drug-likeness (QED) is 0.232. The highest BCUT2D eigenvalue weighted by molar-refractivity contribution is 6.30. The standard InChI is InChI=1S/C32H33ClFN5O4/c1-3-38-20-35-16-24(38)18-39-23(8-10-30(40)41)17-36-29(39)19-37-13-11-21(12-14-37)25-5-4-6-28-31(25)43-32(2,42-28)26-9-7-22(33)15-27(26)34/h4-10,15-17,20-21H,3,11-14,18-19H2,1-2H3,(H,40,41)/b10-8+. The predicted molar refractivity (Wildman–Crippen MR) is 160 cm³/mol. The lowest BCUT2D eigenvalue weighted by Gasteiger charge is -2.32. The van der Waals surface area contributed by atoms with Crippen LogP contribution >= 0.6 is 11.6 Å². The van der Waals surface area contributed by atoms with E-state index in [4.69, 9.17) is 21.1 Å². The van der Waals surface area contributed by atoms with Crippen LogP contribution in [0.25, 0.3) is 6.08 Å². The summed E-state index contributed by atoms with van der Waals surface area (Å²) < 4.78 is 31.4. The molecular formula is C32H33ClFN5O4. The largest absolute Gasteiger partial charge is 0.478 e. The van der Waals surface area contributed by atoms with Crippen LogP contribution in [0.1, 0.15) is 60.9 Å². The van der Waals surface area contributed by atoms with Crippen LogP contribution in [0.3, 0.4) is 0 Å². The van der Waals surface area contributed by atoms with Gasteiger partial charge in [-0.2, -0.15) is 0 Å². The topological polar surface area (TPSA) is 94.6 Å². The van der Waals surface area contributed by atoms with Crippen molar-refractivity contribution in [2.24, 2.45) is 0 Å². The Kier molecular flexibility index (Phi) is 7.98. The summed E-state index contributed by atoms with van der Waals surface area (Å²) in [5.41, 5.74) is 3.11. The number of imidazole rings is 2. The lowest BCUT2D eigenvalue weighted by atomic mass is 9.88. The Morgan fingerprint density at radius 3 is 2.74 bits per heavy atom. The number of aryl methyl sites for hydroxylation is 1. The zero-order valence-corrected chi connectivity index (χ0v) is 24.8. The number of halogens is 2. The molecule has 0 bridgehead atoms. The lowest BCUT2D eigenvalue weighted by molar-refractivity contribution is -0.131. The number of aliphatic carboxylic acids is 1. The Hall–Kier alpha value is -4.15. The first-order chi connectivity index (χ1) is 20.7. The van der Waals surface area contributed by atoms with Gasteiger partial charge in [0.05, 0.1) is 42.6 Å². The maximum absolute atomic E-state index is 14.8. The van der Waals surface area contributed by atoms with Crippen LogP contribution in [0.5, 0.6) is 11.5 Å². The highest BCUT2D eigenvalue weighted by Gasteiger charge is 2.43. The fraction of sp³-hybridized carbons (Fsp3) is 0.344. The maximum atomic E-state index is 14.8. The molecule has 11 heteroatoms. The van der Waals surface area contributed by atoms with Crippen molar-refractivity contribution < 1.29 is 23.8 Å². The van der Waals surface area contributed by atoms with Crippen molar-refractivity contribution in [3.8, 4) is 11.5 Å². The summed E-state index contributed by atoms with van der Waals surface area (Å²) in [7, 11) is 0. The first kappa shape index (κ1) is 28.9. The van der Waals surface area contributed by atoms with Gasteiger partial charge < -0.3 is 23.7 Å². The number of ether oxygens (including phenoxy) is 2. The molecule has 224 valence electrons. The Morgan fingerprint density at radius 2 is 2.00 bits per heavy atom. The second-order valence-corrected chi connectivity index (χ2v) is 11.5. The molecule has 1 atom stereocenters. The number of hydrogen-bond acceptors (Lipinski definition) is 6. The van der Waals surface area contributed by atoms with E-state index in [1.165, 1.54) is 6.07 Å². The van der Waals surface area contributed by atoms with Crippen LogP contribution in [-0.4, -0.2) is 48.2 Å². The summed E-state index contributed by atoms with van der Waals surface area (Å²) in [5.74, 6) is -0.384. The molecule has 1 N–H and O–H groups in total. The van der Waals surface area contributed by atoms with Gasteiger partial charge in [-0.1, -0.05) is 23.7 Å². The number of aromatic nitrogens is 4. The van der Waals surface area contributed by atoms with Crippen molar-refractivity contribution in [3.63, 3.8) is 0 Å². The van der Waals surface area contributed by atoms with Gasteiger partial charge in [0.15, 0.2) is 11.5 Å². The highest BCUT2D eigenvalue weighted by atomic mass is 35.5. The van der Waals surface area contributed by atoms with E-state index in [1.807, 2.05) is 18.3 Å². The fourth-order valence-electron chi connectivity index (χ4n) is 5.99. The van der Waals surface area contributed by atoms with Crippen molar-refractivity contribution in [2.45, 2.75) is 58.0 Å². The normalized spacial score (nSPS) is 19.0. The van der Waals surface area contributed by atoms with Crippen LogP contribution in [0.2, 0.25) is 5.02 Å². The van der Waals surface area contributed by atoms with Crippen molar-refractivity contribution in [1.29, 1.82) is 0 Å². The molecule has 1 unspecified atom stereocenters. The Balaban J connectivity index is 1.17. The minimum atomic E-state index is -1.29. The number of hydrogen-bond donors (Lipinski definition) is 1. The average molecular weight is 606 g/mol. The van der Waals surface area contributed by atoms with Gasteiger partial charge >= 0.3 is 5.97 Å². The number of nitrogens with zero attached hydrogens (tertiary/aromatic N) is 5. The molecular weight excluding hydrogens is 573 g/mol. The second-order valence-electron chi connectivity index (χ2n) is 11.0. The first-order valence-corrected chi connectivity index (χ1v) is 14.7. The summed E-state index contributed by atoms with van der Waals surface area (Å²) in [4.78, 5) is 22.5. The van der Waals surface area contributed by atoms with Gasteiger partial charge in [-0.3, -0.25) is 4.90 Å². The highest BCUT2D eigenvalue weighted by Crippen LogP contribution is 2.49. The molecule has 4 aromatic rings. The second kappa shape index (κ2) is 11.9. The number of rotatable bonds is 9. The summed E-state index contributed by atoms with van der Waals surface area (Å²) >= 11 is 5.97. The molecule has 0 aliphatic carbocycles. The van der Waals surface area contributed by atoms with Gasteiger partial charge in [0.1, 0.15) is 11.6 Å². The molecule has 0 spiro atoms. The third-order valence-corrected chi connectivity index (χ3v) is 8.48. The number of fused-ring (bicyclic) bond motifs is 1. The maximum Gasteiger partial charge on any atom is 0.328 e. The molecule has 6 rings (SSSR count). The minimum Gasteiger partial charge on any atom is -0.478 e. The third-order valence-electron chi connectivity index (χ3n) is 8.25. The molecule has 0 amide bonds. The SMILES string of the molecule is CCn1cncc1Cn1c(/C=C/C(=O)O)cnc1CN1CCC(c2cccc3c2OC(C)(c2ccc(Cl)cc2F)O3)CC1. The van der Waals surface area contributed by atoms with Gasteiger partial charge in [0.2, 0.25) is 0 Å².